The Bertz CT molecular complexity index is 1000. The number of hydrogen-bond acceptors (Lipinski definition) is 4. The van der Waals surface area contributed by atoms with E-state index in [0.29, 0.717) is 17.0 Å². The van der Waals surface area contributed by atoms with Crippen molar-refractivity contribution in [2.45, 2.75) is 6.92 Å². The van der Waals surface area contributed by atoms with E-state index < -0.39 is 17.6 Å². The highest BCUT2D eigenvalue weighted by Gasteiger charge is 2.30. The molecule has 1 N–H and O–H groups in total. The summed E-state index contributed by atoms with van der Waals surface area (Å²) in [6.45, 7) is 1.77. The first-order valence-corrected chi connectivity index (χ1v) is 8.29. The van der Waals surface area contributed by atoms with Gasteiger partial charge in [0.2, 0.25) is 5.91 Å². The van der Waals surface area contributed by atoms with E-state index in [1.54, 1.807) is 61.5 Å². The molecular formula is C19H13BrN2O3. The van der Waals surface area contributed by atoms with E-state index in [2.05, 4.69) is 21.2 Å². The summed E-state index contributed by atoms with van der Waals surface area (Å²) >= 11 is 3.41. The molecule has 0 aliphatic carbocycles. The predicted molar refractivity (Wildman–Crippen MR) is 97.2 cm³/mol. The number of ketones is 1. The second-order valence-corrected chi connectivity index (χ2v) is 6.33. The molecule has 0 fully saturated rings. The maximum Gasteiger partial charge on any atom is 0.249 e. The fourth-order valence-corrected chi connectivity index (χ4v) is 2.96. The van der Waals surface area contributed by atoms with Crippen molar-refractivity contribution in [1.82, 2.24) is 0 Å². The molecule has 1 aromatic heterocycles. The third kappa shape index (κ3) is 3.32. The molecule has 0 radical (unpaired) electrons. The van der Waals surface area contributed by atoms with Gasteiger partial charge in [-0.05, 0) is 37.3 Å². The molecule has 1 atom stereocenters. The van der Waals surface area contributed by atoms with Gasteiger partial charge >= 0.3 is 0 Å². The zero-order chi connectivity index (χ0) is 18.0. The number of fused-ring (bicyclic) bond motifs is 1. The minimum absolute atomic E-state index is 0.209. The summed E-state index contributed by atoms with van der Waals surface area (Å²) in [5.74, 6) is -2.09. The third-order valence-electron chi connectivity index (χ3n) is 3.71. The van der Waals surface area contributed by atoms with Crippen LogP contribution in [0.15, 0.2) is 57.4 Å². The summed E-state index contributed by atoms with van der Waals surface area (Å²) in [7, 11) is 0. The van der Waals surface area contributed by atoms with E-state index in [4.69, 9.17) is 4.42 Å². The first-order chi connectivity index (χ1) is 12.0. The van der Waals surface area contributed by atoms with Gasteiger partial charge in [-0.2, -0.15) is 5.26 Å². The number of nitrogens with one attached hydrogen (secondary N) is 1. The fraction of sp³-hybridized carbons (Fsp3) is 0.105. The van der Waals surface area contributed by atoms with Crippen LogP contribution < -0.4 is 5.32 Å². The quantitative estimate of drug-likeness (QED) is 0.520. The van der Waals surface area contributed by atoms with Gasteiger partial charge in [0.1, 0.15) is 11.3 Å². The van der Waals surface area contributed by atoms with Gasteiger partial charge in [-0.15, -0.1) is 0 Å². The smallest absolute Gasteiger partial charge is 0.249 e. The Labute approximate surface area is 152 Å². The number of aryl methyl sites for hydroxylation is 1. The third-order valence-corrected chi connectivity index (χ3v) is 4.41. The molecule has 0 spiro atoms. The number of furan rings is 1. The number of rotatable bonds is 4. The number of nitrogens with zero attached hydrogens (tertiary/aromatic N) is 1. The monoisotopic (exact) mass is 396 g/mol. The molecule has 1 unspecified atom stereocenters. The normalized spacial score (nSPS) is 11.7. The largest absolute Gasteiger partial charge is 0.461 e. The van der Waals surface area contributed by atoms with Gasteiger partial charge in [0, 0.05) is 15.5 Å². The zero-order valence-electron chi connectivity index (χ0n) is 13.2. The first-order valence-electron chi connectivity index (χ1n) is 7.49. The van der Waals surface area contributed by atoms with Crippen molar-refractivity contribution in [3.63, 3.8) is 0 Å². The molecule has 0 saturated carbocycles. The van der Waals surface area contributed by atoms with Gasteiger partial charge in [0.15, 0.2) is 11.7 Å². The molecular weight excluding hydrogens is 384 g/mol. The van der Waals surface area contributed by atoms with Crippen LogP contribution in [0.25, 0.3) is 11.0 Å². The Morgan fingerprint density at radius 1 is 1.20 bits per heavy atom. The van der Waals surface area contributed by atoms with Crippen LogP contribution in [0.1, 0.15) is 16.1 Å². The second kappa shape index (κ2) is 6.91. The van der Waals surface area contributed by atoms with Crippen LogP contribution in [0, 0.1) is 24.2 Å². The van der Waals surface area contributed by atoms with Gasteiger partial charge in [-0.1, -0.05) is 34.1 Å². The lowest BCUT2D eigenvalue weighted by Gasteiger charge is -2.10. The molecule has 0 aliphatic heterocycles. The molecule has 5 nitrogen and oxygen atoms in total. The molecule has 0 saturated heterocycles. The fourth-order valence-electron chi connectivity index (χ4n) is 2.54. The minimum Gasteiger partial charge on any atom is -0.461 e. The summed E-state index contributed by atoms with van der Waals surface area (Å²) in [6, 6.07) is 15.5. The second-order valence-electron chi connectivity index (χ2n) is 5.48. The molecule has 1 amide bonds. The van der Waals surface area contributed by atoms with Crippen LogP contribution in [0.5, 0.6) is 0 Å². The average Bonchev–Trinajstić information content (AvgIpc) is 2.99. The van der Waals surface area contributed by atoms with Crippen molar-refractivity contribution in [1.29, 1.82) is 5.26 Å². The van der Waals surface area contributed by atoms with E-state index in [1.165, 1.54) is 0 Å². The van der Waals surface area contributed by atoms with Gasteiger partial charge in [-0.25, -0.2) is 0 Å². The number of para-hydroxylation sites is 1. The number of amides is 1. The van der Waals surface area contributed by atoms with E-state index in [-0.39, 0.29) is 5.56 Å². The molecule has 25 heavy (non-hydrogen) atoms. The number of carbonyl (C=O) groups excluding carboxylic acids is 2. The minimum atomic E-state index is -1.46. The lowest BCUT2D eigenvalue weighted by atomic mass is 9.96. The van der Waals surface area contributed by atoms with E-state index in [0.717, 1.165) is 9.86 Å². The molecule has 0 aliphatic rings. The highest BCUT2D eigenvalue weighted by molar-refractivity contribution is 9.10. The number of nitriles is 1. The average molecular weight is 397 g/mol. The predicted octanol–water partition coefficient (Wildman–Crippen LogP) is 4.46. The van der Waals surface area contributed by atoms with E-state index in [1.807, 2.05) is 0 Å². The van der Waals surface area contributed by atoms with Crippen molar-refractivity contribution in [2.75, 3.05) is 5.32 Å². The topological polar surface area (TPSA) is 83.1 Å². The number of halogens is 1. The van der Waals surface area contributed by atoms with Crippen LogP contribution >= 0.6 is 15.9 Å². The number of hydrogen-bond donors (Lipinski definition) is 1. The van der Waals surface area contributed by atoms with Gasteiger partial charge in [0.25, 0.3) is 0 Å². The number of carbonyl (C=O) groups is 2. The standard InChI is InChI=1S/C19H13BrN2O3/c1-11-9-14-16(20)8-7-13(18(14)25-11)17(23)15(10-21)19(24)22-12-5-3-2-4-6-12/h2-9,15H,1H3,(H,22,24). The molecule has 3 aromatic rings. The van der Waals surface area contributed by atoms with Crippen molar-refractivity contribution in [3.05, 3.63) is 64.3 Å². The number of benzene rings is 2. The molecule has 2 aromatic carbocycles. The first kappa shape index (κ1) is 16.9. The van der Waals surface area contributed by atoms with Crippen LogP contribution in [0.3, 0.4) is 0 Å². The van der Waals surface area contributed by atoms with Crippen LogP contribution in [-0.4, -0.2) is 11.7 Å². The molecule has 1 heterocycles. The van der Waals surface area contributed by atoms with Crippen LogP contribution in [0.4, 0.5) is 5.69 Å². The molecule has 124 valence electrons. The van der Waals surface area contributed by atoms with Crippen LogP contribution in [-0.2, 0) is 4.79 Å². The summed E-state index contributed by atoms with van der Waals surface area (Å²) in [5.41, 5.74) is 1.10. The highest BCUT2D eigenvalue weighted by Crippen LogP contribution is 2.31. The van der Waals surface area contributed by atoms with Crippen molar-refractivity contribution in [3.8, 4) is 6.07 Å². The maximum atomic E-state index is 12.8. The van der Waals surface area contributed by atoms with Crippen molar-refractivity contribution >= 4 is 44.3 Å². The summed E-state index contributed by atoms with van der Waals surface area (Å²) in [6.07, 6.45) is 0. The Hall–Kier alpha value is -2.91. The zero-order valence-corrected chi connectivity index (χ0v) is 14.8. The lowest BCUT2D eigenvalue weighted by Crippen LogP contribution is -2.28. The van der Waals surface area contributed by atoms with Crippen molar-refractivity contribution < 1.29 is 14.0 Å². The van der Waals surface area contributed by atoms with Gasteiger partial charge in [0.05, 0.1) is 11.6 Å². The highest BCUT2D eigenvalue weighted by atomic mass is 79.9. The Balaban J connectivity index is 1.94. The number of Topliss-reactive ketones (excluding diaryl/α,β-unsaturated/α-hetero) is 1. The van der Waals surface area contributed by atoms with Gasteiger partial charge in [-0.3, -0.25) is 9.59 Å². The molecule has 3 rings (SSSR count). The lowest BCUT2D eigenvalue weighted by molar-refractivity contribution is -0.117. The molecule has 0 bridgehead atoms. The summed E-state index contributed by atoms with van der Waals surface area (Å²) < 4.78 is 6.38. The van der Waals surface area contributed by atoms with Gasteiger partial charge < -0.3 is 9.73 Å². The SMILES string of the molecule is Cc1cc2c(Br)ccc(C(=O)C(C#N)C(=O)Nc3ccccc3)c2o1. The van der Waals surface area contributed by atoms with E-state index in [9.17, 15) is 14.9 Å². The number of anilines is 1. The maximum absolute atomic E-state index is 12.8. The van der Waals surface area contributed by atoms with Crippen molar-refractivity contribution in [2.24, 2.45) is 5.92 Å². The van der Waals surface area contributed by atoms with Crippen LogP contribution in [0.2, 0.25) is 0 Å². The Morgan fingerprint density at radius 3 is 2.60 bits per heavy atom. The summed E-state index contributed by atoms with van der Waals surface area (Å²) in [4.78, 5) is 25.2. The molecule has 6 heteroatoms. The Morgan fingerprint density at radius 2 is 1.92 bits per heavy atom. The summed E-state index contributed by atoms with van der Waals surface area (Å²) in [5, 5.41) is 12.7. The Kier molecular flexibility index (Phi) is 4.68. The van der Waals surface area contributed by atoms with E-state index >= 15 is 0 Å².